The highest BCUT2D eigenvalue weighted by Gasteiger charge is 2.39. The van der Waals surface area contributed by atoms with Crippen molar-refractivity contribution < 1.29 is 4.74 Å². The van der Waals surface area contributed by atoms with E-state index in [9.17, 15) is 0 Å². The summed E-state index contributed by atoms with van der Waals surface area (Å²) in [5.41, 5.74) is 1.40. The SMILES string of the molecule is C=CC[C@@H](CC/C(C)=C/C=C/CC/C=C\C1CSC([C@@H]2C[C@H]2C)=N1)OC. The molecule has 26 heavy (non-hydrogen) atoms. The Morgan fingerprint density at radius 3 is 2.85 bits per heavy atom. The summed E-state index contributed by atoms with van der Waals surface area (Å²) in [5, 5.41) is 1.41. The molecule has 1 heterocycles. The normalized spacial score (nSPS) is 27.3. The predicted octanol–water partition coefficient (Wildman–Crippen LogP) is 6.37. The average Bonchev–Trinajstić information content (AvgIpc) is 3.18. The van der Waals surface area contributed by atoms with Crippen molar-refractivity contribution in [3.05, 3.63) is 48.6 Å². The Kier molecular flexibility index (Phi) is 9.49. The van der Waals surface area contributed by atoms with Crippen molar-refractivity contribution in [2.75, 3.05) is 12.9 Å². The van der Waals surface area contributed by atoms with Gasteiger partial charge in [-0.25, -0.2) is 0 Å². The summed E-state index contributed by atoms with van der Waals surface area (Å²) in [6.07, 6.45) is 20.1. The monoisotopic (exact) mass is 373 g/mol. The highest BCUT2D eigenvalue weighted by atomic mass is 32.2. The minimum Gasteiger partial charge on any atom is -0.381 e. The second kappa shape index (κ2) is 11.6. The van der Waals surface area contributed by atoms with Gasteiger partial charge in [-0.2, -0.15) is 0 Å². The van der Waals surface area contributed by atoms with Crippen molar-refractivity contribution in [1.29, 1.82) is 0 Å². The molecule has 0 amide bonds. The van der Waals surface area contributed by atoms with E-state index in [-0.39, 0.29) is 0 Å². The van der Waals surface area contributed by atoms with Crippen LogP contribution in [0.2, 0.25) is 0 Å². The Bertz CT molecular complexity index is 561. The second-order valence-corrected chi connectivity index (χ2v) is 8.57. The van der Waals surface area contributed by atoms with Crippen molar-refractivity contribution in [3.8, 4) is 0 Å². The van der Waals surface area contributed by atoms with Crippen LogP contribution < -0.4 is 0 Å². The number of hydrogen-bond donors (Lipinski definition) is 0. The lowest BCUT2D eigenvalue weighted by Gasteiger charge is -2.12. The largest absolute Gasteiger partial charge is 0.381 e. The first kappa shape index (κ1) is 21.2. The number of methoxy groups -OCH3 is 1. The Hall–Kier alpha value is -1.06. The zero-order chi connectivity index (χ0) is 18.8. The summed E-state index contributed by atoms with van der Waals surface area (Å²) in [6, 6.07) is 0.415. The molecule has 1 unspecified atom stereocenters. The van der Waals surface area contributed by atoms with E-state index in [0.717, 1.165) is 49.7 Å². The van der Waals surface area contributed by atoms with Crippen molar-refractivity contribution in [2.45, 2.75) is 64.5 Å². The zero-order valence-corrected chi connectivity index (χ0v) is 17.5. The van der Waals surface area contributed by atoms with Crippen molar-refractivity contribution in [2.24, 2.45) is 16.8 Å². The lowest BCUT2D eigenvalue weighted by atomic mass is 10.1. The Balaban J connectivity index is 1.58. The van der Waals surface area contributed by atoms with Crippen LogP contribution in [0.25, 0.3) is 0 Å². The maximum atomic E-state index is 5.45. The summed E-state index contributed by atoms with van der Waals surface area (Å²) in [7, 11) is 1.78. The van der Waals surface area contributed by atoms with E-state index in [4.69, 9.17) is 9.73 Å². The molecule has 144 valence electrons. The summed E-state index contributed by atoms with van der Waals surface area (Å²) < 4.78 is 5.45. The van der Waals surface area contributed by atoms with Crippen LogP contribution in [0.15, 0.2) is 53.6 Å². The third kappa shape index (κ3) is 7.67. The van der Waals surface area contributed by atoms with Crippen LogP contribution in [-0.2, 0) is 4.74 Å². The molecule has 1 fully saturated rings. The molecule has 0 saturated heterocycles. The molecule has 2 aliphatic rings. The minimum atomic E-state index is 0.296. The number of thioether (sulfide) groups is 1. The number of ether oxygens (including phenoxy) is 1. The van der Waals surface area contributed by atoms with Gasteiger partial charge < -0.3 is 4.74 Å². The number of allylic oxidation sites excluding steroid dienone is 5. The highest BCUT2D eigenvalue weighted by Crippen LogP contribution is 2.44. The molecule has 0 radical (unpaired) electrons. The molecule has 0 aromatic rings. The highest BCUT2D eigenvalue weighted by molar-refractivity contribution is 8.14. The average molecular weight is 374 g/mol. The van der Waals surface area contributed by atoms with Gasteiger partial charge in [-0.05, 0) is 51.4 Å². The summed E-state index contributed by atoms with van der Waals surface area (Å²) in [6.45, 7) is 8.31. The molecule has 0 aromatic carbocycles. The van der Waals surface area contributed by atoms with Gasteiger partial charge in [-0.1, -0.05) is 49.0 Å². The van der Waals surface area contributed by atoms with E-state index in [2.05, 4.69) is 50.8 Å². The molecule has 2 rings (SSSR count). The Morgan fingerprint density at radius 1 is 1.38 bits per heavy atom. The number of hydrogen-bond acceptors (Lipinski definition) is 3. The number of nitrogens with zero attached hydrogens (tertiary/aromatic N) is 1. The van der Waals surface area contributed by atoms with Gasteiger partial charge >= 0.3 is 0 Å². The molecule has 2 nitrogen and oxygen atoms in total. The van der Waals surface area contributed by atoms with Gasteiger partial charge in [-0.15, -0.1) is 18.3 Å². The zero-order valence-electron chi connectivity index (χ0n) is 16.7. The lowest BCUT2D eigenvalue weighted by molar-refractivity contribution is 0.0981. The van der Waals surface area contributed by atoms with Crippen LogP contribution in [0.5, 0.6) is 0 Å². The third-order valence-corrected chi connectivity index (χ3v) is 6.33. The first-order valence-electron chi connectivity index (χ1n) is 9.97. The quantitative estimate of drug-likeness (QED) is 0.225. The van der Waals surface area contributed by atoms with Gasteiger partial charge in [0.15, 0.2) is 0 Å². The molecule has 1 saturated carbocycles. The van der Waals surface area contributed by atoms with Crippen molar-refractivity contribution in [3.63, 3.8) is 0 Å². The molecule has 4 atom stereocenters. The summed E-state index contributed by atoms with van der Waals surface area (Å²) in [4.78, 5) is 4.86. The molecular weight excluding hydrogens is 338 g/mol. The predicted molar refractivity (Wildman–Crippen MR) is 117 cm³/mol. The molecule has 3 heteroatoms. The van der Waals surface area contributed by atoms with Crippen LogP contribution in [-0.4, -0.2) is 30.1 Å². The van der Waals surface area contributed by atoms with Gasteiger partial charge in [0.1, 0.15) is 0 Å². The molecule has 1 aliphatic heterocycles. The van der Waals surface area contributed by atoms with E-state index in [1.165, 1.54) is 17.0 Å². The van der Waals surface area contributed by atoms with E-state index in [1.807, 2.05) is 17.8 Å². The topological polar surface area (TPSA) is 21.6 Å². The first-order chi connectivity index (χ1) is 12.6. The van der Waals surface area contributed by atoms with Gasteiger partial charge in [0, 0.05) is 18.8 Å². The second-order valence-electron chi connectivity index (χ2n) is 7.53. The molecule has 0 N–H and O–H groups in total. The molecular formula is C23H35NOS. The number of aliphatic imine (C=N–C) groups is 1. The Labute approximate surface area is 164 Å². The smallest absolute Gasteiger partial charge is 0.0783 e. The molecule has 0 bridgehead atoms. The van der Waals surface area contributed by atoms with Crippen LogP contribution in [0.1, 0.15) is 52.4 Å². The van der Waals surface area contributed by atoms with Gasteiger partial charge in [0.25, 0.3) is 0 Å². The lowest BCUT2D eigenvalue weighted by Crippen LogP contribution is -2.08. The summed E-state index contributed by atoms with van der Waals surface area (Å²) in [5.74, 6) is 2.79. The van der Waals surface area contributed by atoms with Crippen LogP contribution in [0, 0.1) is 11.8 Å². The molecule has 0 spiro atoms. The van der Waals surface area contributed by atoms with E-state index >= 15 is 0 Å². The fraction of sp³-hybridized carbons (Fsp3) is 0.609. The standard InChI is InChI=1S/C23H35NOS/c1-5-11-21(25-4)15-14-18(2)12-9-7-6-8-10-13-20-17-26-23(24-20)22-16-19(22)3/h5,7,9-10,12-13,19-22H,1,6,8,11,14-17H2,2-4H3/b9-7+,13-10-,18-12+/t19-,20?,21+,22-/m1/s1. The van der Waals surface area contributed by atoms with Crippen LogP contribution in [0.4, 0.5) is 0 Å². The first-order valence-corrected chi connectivity index (χ1v) is 11.0. The van der Waals surface area contributed by atoms with E-state index in [1.54, 1.807) is 7.11 Å². The number of unbranched alkanes of at least 4 members (excludes halogenated alkanes) is 1. The fourth-order valence-corrected chi connectivity index (χ4v) is 4.42. The van der Waals surface area contributed by atoms with Crippen LogP contribution >= 0.6 is 11.8 Å². The minimum absolute atomic E-state index is 0.296. The summed E-state index contributed by atoms with van der Waals surface area (Å²) >= 11 is 1.97. The van der Waals surface area contributed by atoms with Gasteiger partial charge in [-0.3, -0.25) is 4.99 Å². The van der Waals surface area contributed by atoms with E-state index in [0.29, 0.717) is 12.1 Å². The number of rotatable bonds is 12. The van der Waals surface area contributed by atoms with Gasteiger partial charge in [0.2, 0.25) is 0 Å². The maximum absolute atomic E-state index is 5.45. The van der Waals surface area contributed by atoms with Gasteiger partial charge in [0.05, 0.1) is 17.2 Å². The van der Waals surface area contributed by atoms with Crippen LogP contribution in [0.3, 0.4) is 0 Å². The van der Waals surface area contributed by atoms with E-state index < -0.39 is 0 Å². The molecule has 1 aliphatic carbocycles. The fourth-order valence-electron chi connectivity index (χ4n) is 3.14. The maximum Gasteiger partial charge on any atom is 0.0783 e. The van der Waals surface area contributed by atoms with Crippen molar-refractivity contribution >= 4 is 16.8 Å². The third-order valence-electron chi connectivity index (χ3n) is 5.12. The van der Waals surface area contributed by atoms with Crippen molar-refractivity contribution in [1.82, 2.24) is 0 Å². The molecule has 0 aromatic heterocycles. The Morgan fingerprint density at radius 2 is 2.15 bits per heavy atom.